The number of aryl methyl sites for hydroxylation is 2. The quantitative estimate of drug-likeness (QED) is 0.372. The Balaban J connectivity index is 1.64. The molecule has 3 aliphatic heterocycles. The fraction of sp³-hybridized carbons (Fsp3) is 0.548. The van der Waals surface area contributed by atoms with Gasteiger partial charge in [0, 0.05) is 19.6 Å². The molecule has 1 aromatic carbocycles. The predicted octanol–water partition coefficient (Wildman–Crippen LogP) is 3.87. The van der Waals surface area contributed by atoms with Crippen molar-refractivity contribution in [3.05, 3.63) is 58.8 Å². The molecule has 2 unspecified atom stereocenters. The summed E-state index contributed by atoms with van der Waals surface area (Å²) in [7, 11) is 0. The Hall–Kier alpha value is -3.62. The number of ether oxygens (including phenoxy) is 1. The van der Waals surface area contributed by atoms with Crippen LogP contribution in [0, 0.1) is 25.7 Å². The van der Waals surface area contributed by atoms with Gasteiger partial charge in [-0.15, -0.1) is 6.58 Å². The minimum atomic E-state index is -0.669. The number of carbonyl (C=O) groups excluding carboxylic acids is 4. The number of hydrogen-bond donors (Lipinski definition) is 1. The van der Waals surface area contributed by atoms with Crippen molar-refractivity contribution in [3.63, 3.8) is 0 Å². The van der Waals surface area contributed by atoms with Gasteiger partial charge in [0.2, 0.25) is 5.91 Å². The van der Waals surface area contributed by atoms with Crippen LogP contribution in [0.2, 0.25) is 0 Å². The van der Waals surface area contributed by atoms with E-state index in [2.05, 4.69) is 11.9 Å². The second kappa shape index (κ2) is 12.3. The van der Waals surface area contributed by atoms with Gasteiger partial charge in [-0.05, 0) is 57.1 Å². The number of rotatable bonds is 9. The van der Waals surface area contributed by atoms with Crippen LogP contribution in [0.5, 0.6) is 0 Å². The van der Waals surface area contributed by atoms with Crippen molar-refractivity contribution in [1.29, 1.82) is 0 Å². The van der Waals surface area contributed by atoms with E-state index in [-0.39, 0.29) is 48.7 Å². The monoisotopic (exact) mass is 550 g/mol. The summed E-state index contributed by atoms with van der Waals surface area (Å²) in [6.45, 7) is 15.3. The number of nitrogens with one attached hydrogen (secondary N) is 1. The van der Waals surface area contributed by atoms with E-state index in [1.165, 1.54) is 0 Å². The highest BCUT2D eigenvalue weighted by Crippen LogP contribution is 2.39. The Morgan fingerprint density at radius 1 is 1.18 bits per heavy atom. The Kier molecular flexibility index (Phi) is 9.01. The topological polar surface area (TPSA) is 99.3 Å². The zero-order valence-corrected chi connectivity index (χ0v) is 24.4. The average molecular weight is 551 g/mol. The summed E-state index contributed by atoms with van der Waals surface area (Å²) in [6, 6.07) is 4.43. The molecule has 0 saturated carbocycles. The molecule has 4 amide bonds. The summed E-state index contributed by atoms with van der Waals surface area (Å²) in [5, 5.41) is 3.04. The first-order valence-electron chi connectivity index (χ1n) is 14.3. The van der Waals surface area contributed by atoms with Gasteiger partial charge < -0.3 is 19.9 Å². The third-order valence-electron chi connectivity index (χ3n) is 8.08. The molecule has 3 aliphatic rings. The molecule has 1 aromatic rings. The standard InChI is InChI=1S/C31H42N4O5/c1-7-13-34-25-18-35(29(37)26(25)27(32-31(34)39)23-10-9-20(5)17-21(23)6)24(16-19(3)4)28(36)33-14-11-22(12-15-33)30(38)40-8-2/h7,9-10,17,19,22,24,27H,1,8,11-16,18H2,2-6H3,(H,32,39). The molecule has 1 fully saturated rings. The first-order valence-corrected chi connectivity index (χ1v) is 14.3. The molecule has 0 aliphatic carbocycles. The molecule has 0 bridgehead atoms. The van der Waals surface area contributed by atoms with E-state index in [9.17, 15) is 19.2 Å². The van der Waals surface area contributed by atoms with Crippen LogP contribution in [0.4, 0.5) is 4.79 Å². The first-order chi connectivity index (χ1) is 19.1. The summed E-state index contributed by atoms with van der Waals surface area (Å²) in [6.07, 6.45) is 3.23. The van der Waals surface area contributed by atoms with Gasteiger partial charge in [0.25, 0.3) is 5.91 Å². The maximum Gasteiger partial charge on any atom is 0.322 e. The van der Waals surface area contributed by atoms with Gasteiger partial charge in [-0.3, -0.25) is 19.3 Å². The van der Waals surface area contributed by atoms with Crippen LogP contribution in [0.15, 0.2) is 42.1 Å². The van der Waals surface area contributed by atoms with Gasteiger partial charge >= 0.3 is 12.0 Å². The zero-order chi connectivity index (χ0) is 29.1. The van der Waals surface area contributed by atoms with E-state index in [0.717, 1.165) is 16.7 Å². The Morgan fingerprint density at radius 2 is 1.88 bits per heavy atom. The molecule has 1 saturated heterocycles. The van der Waals surface area contributed by atoms with Crippen LogP contribution in [0.1, 0.15) is 62.8 Å². The second-order valence-corrected chi connectivity index (χ2v) is 11.4. The van der Waals surface area contributed by atoms with E-state index >= 15 is 0 Å². The van der Waals surface area contributed by atoms with Crippen molar-refractivity contribution in [1.82, 2.24) is 20.0 Å². The van der Waals surface area contributed by atoms with Crippen LogP contribution >= 0.6 is 0 Å². The highest BCUT2D eigenvalue weighted by Gasteiger charge is 2.48. The predicted molar refractivity (Wildman–Crippen MR) is 152 cm³/mol. The molecule has 216 valence electrons. The summed E-state index contributed by atoms with van der Waals surface area (Å²) < 4.78 is 5.18. The lowest BCUT2D eigenvalue weighted by Crippen LogP contribution is -2.53. The van der Waals surface area contributed by atoms with Crippen molar-refractivity contribution in [3.8, 4) is 0 Å². The molecule has 1 N–H and O–H groups in total. The van der Waals surface area contributed by atoms with Crippen molar-refractivity contribution in [2.75, 3.05) is 32.8 Å². The van der Waals surface area contributed by atoms with E-state index < -0.39 is 12.1 Å². The fourth-order valence-corrected chi connectivity index (χ4v) is 6.08. The number of benzene rings is 1. The Labute approximate surface area is 237 Å². The van der Waals surface area contributed by atoms with Crippen LogP contribution in [0.25, 0.3) is 0 Å². The minimum Gasteiger partial charge on any atom is -0.466 e. The maximum absolute atomic E-state index is 14.2. The van der Waals surface area contributed by atoms with Crippen LogP contribution in [0.3, 0.4) is 0 Å². The van der Waals surface area contributed by atoms with Crippen molar-refractivity contribution >= 4 is 23.8 Å². The number of nitrogens with zero attached hydrogens (tertiary/aromatic N) is 3. The second-order valence-electron chi connectivity index (χ2n) is 11.4. The van der Waals surface area contributed by atoms with Crippen LogP contribution in [-0.4, -0.2) is 77.3 Å². The van der Waals surface area contributed by atoms with E-state index in [1.807, 2.05) is 45.9 Å². The summed E-state index contributed by atoms with van der Waals surface area (Å²) in [5.74, 6) is -0.596. The smallest absolute Gasteiger partial charge is 0.322 e. The van der Waals surface area contributed by atoms with Gasteiger partial charge in [0.1, 0.15) is 6.04 Å². The molecule has 9 nitrogen and oxygen atoms in total. The normalized spacial score (nSPS) is 20.6. The highest BCUT2D eigenvalue weighted by molar-refractivity contribution is 6.03. The van der Waals surface area contributed by atoms with Crippen molar-refractivity contribution in [2.24, 2.45) is 11.8 Å². The lowest BCUT2D eigenvalue weighted by molar-refractivity contribution is -0.152. The molecule has 0 radical (unpaired) electrons. The van der Waals surface area contributed by atoms with Gasteiger partial charge in [-0.1, -0.05) is 43.7 Å². The first kappa shape index (κ1) is 29.4. The molecule has 0 aromatic heterocycles. The Bertz CT molecular complexity index is 1210. The molecule has 9 heteroatoms. The van der Waals surface area contributed by atoms with Crippen LogP contribution < -0.4 is 5.32 Å². The number of urea groups is 1. The van der Waals surface area contributed by atoms with Gasteiger partial charge in [0.15, 0.2) is 0 Å². The summed E-state index contributed by atoms with van der Waals surface area (Å²) >= 11 is 0. The van der Waals surface area contributed by atoms with E-state index in [4.69, 9.17) is 4.74 Å². The number of esters is 1. The van der Waals surface area contributed by atoms with Crippen molar-refractivity contribution < 1.29 is 23.9 Å². The number of piperidine rings is 1. The molecule has 4 rings (SSSR count). The molecule has 3 heterocycles. The Morgan fingerprint density at radius 3 is 2.48 bits per heavy atom. The maximum atomic E-state index is 14.2. The molecular weight excluding hydrogens is 508 g/mol. The number of amides is 4. The summed E-state index contributed by atoms with van der Waals surface area (Å²) in [5.41, 5.74) is 4.09. The number of carbonyl (C=O) groups is 4. The van der Waals surface area contributed by atoms with Gasteiger partial charge in [-0.2, -0.15) is 0 Å². The third kappa shape index (κ3) is 5.78. The van der Waals surface area contributed by atoms with Crippen molar-refractivity contribution in [2.45, 2.75) is 66.0 Å². The van der Waals surface area contributed by atoms with E-state index in [1.54, 1.807) is 27.7 Å². The van der Waals surface area contributed by atoms with Crippen LogP contribution in [-0.2, 0) is 19.1 Å². The largest absolute Gasteiger partial charge is 0.466 e. The summed E-state index contributed by atoms with van der Waals surface area (Å²) in [4.78, 5) is 58.6. The molecule has 0 spiro atoms. The molecule has 2 atom stereocenters. The number of likely N-dealkylation sites (tertiary alicyclic amines) is 1. The van der Waals surface area contributed by atoms with Gasteiger partial charge in [0.05, 0.1) is 36.4 Å². The zero-order valence-electron chi connectivity index (χ0n) is 24.4. The molecule has 40 heavy (non-hydrogen) atoms. The number of hydrogen-bond acceptors (Lipinski definition) is 5. The lowest BCUT2D eigenvalue weighted by atomic mass is 9.91. The minimum absolute atomic E-state index is 0.109. The van der Waals surface area contributed by atoms with Gasteiger partial charge in [-0.25, -0.2) is 4.79 Å². The fourth-order valence-electron chi connectivity index (χ4n) is 6.08. The molecular formula is C31H42N4O5. The highest BCUT2D eigenvalue weighted by atomic mass is 16.5. The third-order valence-corrected chi connectivity index (χ3v) is 8.08. The SMILES string of the molecule is C=CCN1C(=O)NC(c2ccc(C)cc2C)C2=C1CN(C(CC(C)C)C(=O)N1CCC(C(=O)OCC)CC1)C2=O. The average Bonchev–Trinajstić information content (AvgIpc) is 3.25. The lowest BCUT2D eigenvalue weighted by Gasteiger charge is -2.37. The van der Waals surface area contributed by atoms with E-state index in [0.29, 0.717) is 50.2 Å².